The lowest BCUT2D eigenvalue weighted by molar-refractivity contribution is -0.148. The monoisotopic (exact) mass is 552 g/mol. The van der Waals surface area contributed by atoms with Gasteiger partial charge in [-0.1, -0.05) is 56.5 Å². The average Bonchev–Trinajstić information content (AvgIpc) is 2.87. The number of likely N-dealkylation sites (tertiary alicyclic amines) is 1. The Kier molecular flexibility index (Phi) is 10.3. The first-order chi connectivity index (χ1) is 17.4. The van der Waals surface area contributed by atoms with E-state index in [9.17, 15) is 9.59 Å². The maximum absolute atomic E-state index is 13.6. The summed E-state index contributed by atoms with van der Waals surface area (Å²) in [7, 11) is 5.66. The van der Waals surface area contributed by atoms with E-state index >= 15 is 0 Å². The molecule has 0 radical (unpaired) electrons. The molecule has 208 valence electrons. The molecular formula is C29H46Cl2N4O2. The Balaban J connectivity index is 1.85. The van der Waals surface area contributed by atoms with Crippen LogP contribution in [0.5, 0.6) is 0 Å². The first-order valence-electron chi connectivity index (χ1n) is 13.8. The minimum atomic E-state index is -0.439. The number of hydrogen-bond donors (Lipinski definition) is 1. The fourth-order valence-corrected chi connectivity index (χ4v) is 6.56. The zero-order valence-electron chi connectivity index (χ0n) is 23.6. The number of nitrogens with one attached hydrogen (secondary N) is 1. The summed E-state index contributed by atoms with van der Waals surface area (Å²) in [5.41, 5.74) is 0.231. The highest BCUT2D eigenvalue weighted by Crippen LogP contribution is 2.38. The van der Waals surface area contributed by atoms with Gasteiger partial charge < -0.3 is 15.1 Å². The predicted octanol–water partition coefficient (Wildman–Crippen LogP) is 5.43. The molecule has 1 N–H and O–H groups in total. The van der Waals surface area contributed by atoms with E-state index in [2.05, 4.69) is 10.2 Å². The van der Waals surface area contributed by atoms with Crippen LogP contribution in [0.3, 0.4) is 0 Å². The first kappa shape index (κ1) is 30.2. The summed E-state index contributed by atoms with van der Waals surface area (Å²) in [4.78, 5) is 32.8. The van der Waals surface area contributed by atoms with Gasteiger partial charge in [0.1, 0.15) is 5.54 Å². The summed E-state index contributed by atoms with van der Waals surface area (Å²) in [6.45, 7) is 9.19. The molecule has 6 nitrogen and oxygen atoms in total. The molecule has 3 rings (SSSR count). The summed E-state index contributed by atoms with van der Waals surface area (Å²) in [6, 6.07) is 6.18. The van der Waals surface area contributed by atoms with Crippen molar-refractivity contribution >= 4 is 35.0 Å². The molecule has 2 heterocycles. The molecule has 0 aromatic heterocycles. The molecule has 37 heavy (non-hydrogen) atoms. The highest BCUT2D eigenvalue weighted by molar-refractivity contribution is 6.42. The number of amides is 2. The van der Waals surface area contributed by atoms with Gasteiger partial charge in [0.05, 0.1) is 10.0 Å². The normalized spacial score (nSPS) is 21.4. The average molecular weight is 554 g/mol. The molecule has 2 unspecified atom stereocenters. The van der Waals surface area contributed by atoms with Crippen LogP contribution in [-0.4, -0.2) is 85.4 Å². The number of benzene rings is 1. The van der Waals surface area contributed by atoms with E-state index in [1.54, 1.807) is 4.90 Å². The summed E-state index contributed by atoms with van der Waals surface area (Å²) in [6.07, 6.45) is 6.99. The molecule has 1 aromatic rings. The van der Waals surface area contributed by atoms with Crippen molar-refractivity contribution in [2.24, 2.45) is 5.41 Å². The topological polar surface area (TPSA) is 55.9 Å². The molecule has 2 saturated heterocycles. The zero-order valence-corrected chi connectivity index (χ0v) is 25.1. The SMILES string of the molecule is CN(C)C(=O)C1(N2CCCCC2CCC(CN(C)C(=O)C(C)(C)C)c2ccc(Cl)c(Cl)c2)CCNCC1. The lowest BCUT2D eigenvalue weighted by Gasteiger charge is -2.51. The van der Waals surface area contributed by atoms with Crippen LogP contribution in [-0.2, 0) is 9.59 Å². The lowest BCUT2D eigenvalue weighted by atomic mass is 9.80. The van der Waals surface area contributed by atoms with Crippen molar-refractivity contribution in [3.05, 3.63) is 33.8 Å². The van der Waals surface area contributed by atoms with Crippen molar-refractivity contribution in [2.45, 2.75) is 83.2 Å². The summed E-state index contributed by atoms with van der Waals surface area (Å²) >= 11 is 12.6. The maximum atomic E-state index is 13.6. The van der Waals surface area contributed by atoms with Crippen LogP contribution in [0.25, 0.3) is 0 Å². The number of halogens is 2. The Bertz CT molecular complexity index is 940. The molecular weight excluding hydrogens is 507 g/mol. The fraction of sp³-hybridized carbons (Fsp3) is 0.724. The quantitative estimate of drug-likeness (QED) is 0.467. The molecule has 1 aromatic carbocycles. The summed E-state index contributed by atoms with van der Waals surface area (Å²) in [5.74, 6) is 0.489. The van der Waals surface area contributed by atoms with Crippen LogP contribution in [0.2, 0.25) is 10.0 Å². The smallest absolute Gasteiger partial charge is 0.242 e. The Morgan fingerprint density at radius 1 is 1.11 bits per heavy atom. The Morgan fingerprint density at radius 3 is 2.38 bits per heavy atom. The second-order valence-corrected chi connectivity index (χ2v) is 13.0. The molecule has 0 bridgehead atoms. The molecule has 2 aliphatic rings. The molecule has 8 heteroatoms. The van der Waals surface area contributed by atoms with Crippen molar-refractivity contribution in [1.29, 1.82) is 0 Å². The van der Waals surface area contributed by atoms with Gasteiger partial charge in [-0.05, 0) is 75.9 Å². The van der Waals surface area contributed by atoms with Gasteiger partial charge in [0.2, 0.25) is 11.8 Å². The molecule has 2 aliphatic heterocycles. The summed E-state index contributed by atoms with van der Waals surface area (Å²) < 4.78 is 0. The van der Waals surface area contributed by atoms with Gasteiger partial charge in [-0.2, -0.15) is 0 Å². The van der Waals surface area contributed by atoms with E-state index in [1.165, 1.54) is 6.42 Å². The predicted molar refractivity (Wildman–Crippen MR) is 153 cm³/mol. The third-order valence-corrected chi connectivity index (χ3v) is 8.90. The number of rotatable bonds is 8. The van der Waals surface area contributed by atoms with Gasteiger partial charge in [0.25, 0.3) is 0 Å². The Labute approximate surface area is 234 Å². The third-order valence-electron chi connectivity index (χ3n) is 8.16. The van der Waals surface area contributed by atoms with Crippen LogP contribution in [0.1, 0.15) is 77.2 Å². The molecule has 0 saturated carbocycles. The number of nitrogens with zero attached hydrogens (tertiary/aromatic N) is 3. The van der Waals surface area contributed by atoms with Crippen molar-refractivity contribution < 1.29 is 9.59 Å². The maximum Gasteiger partial charge on any atom is 0.242 e. The van der Waals surface area contributed by atoms with E-state index in [0.29, 0.717) is 22.6 Å². The van der Waals surface area contributed by atoms with Crippen LogP contribution in [0.15, 0.2) is 18.2 Å². The van der Waals surface area contributed by atoms with Crippen molar-refractivity contribution in [2.75, 3.05) is 47.3 Å². The van der Waals surface area contributed by atoms with Crippen molar-refractivity contribution in [3.8, 4) is 0 Å². The van der Waals surface area contributed by atoms with Crippen LogP contribution >= 0.6 is 23.2 Å². The zero-order chi connectivity index (χ0) is 27.4. The van der Waals surface area contributed by atoms with Gasteiger partial charge in [-0.25, -0.2) is 0 Å². The number of hydrogen-bond acceptors (Lipinski definition) is 4. The van der Waals surface area contributed by atoms with Crippen LogP contribution in [0, 0.1) is 5.41 Å². The molecule has 0 aliphatic carbocycles. The van der Waals surface area contributed by atoms with E-state index in [-0.39, 0.29) is 17.7 Å². The third kappa shape index (κ3) is 7.20. The van der Waals surface area contributed by atoms with Gasteiger partial charge in [0.15, 0.2) is 0 Å². The Hall–Kier alpha value is -1.34. The van der Waals surface area contributed by atoms with E-state index < -0.39 is 11.0 Å². The molecule has 0 spiro atoms. The van der Waals surface area contributed by atoms with Gasteiger partial charge in [-0.3, -0.25) is 14.5 Å². The number of likely N-dealkylation sites (N-methyl/N-ethyl adjacent to an activating group) is 2. The van der Waals surface area contributed by atoms with Gasteiger partial charge in [0, 0.05) is 45.1 Å². The van der Waals surface area contributed by atoms with Gasteiger partial charge in [-0.15, -0.1) is 0 Å². The molecule has 2 amide bonds. The second-order valence-electron chi connectivity index (χ2n) is 12.2. The second kappa shape index (κ2) is 12.7. The van der Waals surface area contributed by atoms with Gasteiger partial charge >= 0.3 is 0 Å². The van der Waals surface area contributed by atoms with E-state index in [0.717, 1.165) is 63.7 Å². The molecule has 2 atom stereocenters. The van der Waals surface area contributed by atoms with E-state index in [1.807, 2.05) is 65.0 Å². The number of piperidine rings is 2. The standard InChI is InChI=1S/C29H46Cl2N4O2/c1-28(2,3)26(36)34(6)20-22(21-11-13-24(30)25(31)19-21)10-12-23-9-7-8-18-35(23)29(27(37)33(4)5)14-16-32-17-15-29/h11,13,19,22-23,32H,7-10,12,14-18,20H2,1-6H3. The van der Waals surface area contributed by atoms with Crippen LogP contribution in [0.4, 0.5) is 0 Å². The largest absolute Gasteiger partial charge is 0.347 e. The number of carbonyl (C=O) groups excluding carboxylic acids is 2. The lowest BCUT2D eigenvalue weighted by Crippen LogP contribution is -2.66. The molecule has 2 fully saturated rings. The minimum absolute atomic E-state index is 0.127. The van der Waals surface area contributed by atoms with E-state index in [4.69, 9.17) is 23.2 Å². The van der Waals surface area contributed by atoms with Crippen LogP contribution < -0.4 is 5.32 Å². The highest BCUT2D eigenvalue weighted by Gasteiger charge is 2.48. The number of carbonyl (C=O) groups is 2. The Morgan fingerprint density at radius 2 is 1.78 bits per heavy atom. The first-order valence-corrected chi connectivity index (χ1v) is 14.5. The van der Waals surface area contributed by atoms with Crippen molar-refractivity contribution in [3.63, 3.8) is 0 Å². The highest BCUT2D eigenvalue weighted by atomic mass is 35.5. The summed E-state index contributed by atoms with van der Waals surface area (Å²) in [5, 5.41) is 4.53. The van der Waals surface area contributed by atoms with Crippen molar-refractivity contribution in [1.82, 2.24) is 20.0 Å². The fourth-order valence-electron chi connectivity index (χ4n) is 6.25. The minimum Gasteiger partial charge on any atom is -0.347 e.